The molecule has 150 valence electrons. The van der Waals surface area contributed by atoms with E-state index in [1.807, 2.05) is 78.2 Å². The van der Waals surface area contributed by atoms with Gasteiger partial charge < -0.3 is 14.2 Å². The second kappa shape index (κ2) is 8.75. The zero-order chi connectivity index (χ0) is 20.2. The Hall–Kier alpha value is -3.06. The quantitative estimate of drug-likeness (QED) is 0.302. The summed E-state index contributed by atoms with van der Waals surface area (Å²) in [7, 11) is 0. The second-order valence-electron chi connectivity index (χ2n) is 6.88. The minimum absolute atomic E-state index is 0.0930. The molecular formula is C24H20N2O3S. The maximum atomic E-state index is 6.03. The summed E-state index contributed by atoms with van der Waals surface area (Å²) in [6, 6.07) is 25.8. The topological polar surface area (TPSA) is 52.9 Å². The molecule has 2 aromatic heterocycles. The number of fused-ring (bicyclic) bond motifs is 1. The predicted molar refractivity (Wildman–Crippen MR) is 117 cm³/mol. The van der Waals surface area contributed by atoms with Gasteiger partial charge in [0.05, 0.1) is 22.7 Å². The van der Waals surface area contributed by atoms with Crippen LogP contribution in [0.4, 0.5) is 0 Å². The van der Waals surface area contributed by atoms with Crippen molar-refractivity contribution < 1.29 is 14.2 Å². The minimum Gasteiger partial charge on any atom is -0.444 e. The number of benzene rings is 2. The number of nitrogens with zero attached hydrogens (tertiary/aromatic N) is 2. The lowest BCUT2D eigenvalue weighted by molar-refractivity contribution is -0.166. The van der Waals surface area contributed by atoms with Crippen molar-refractivity contribution in [3.8, 4) is 0 Å². The number of para-hydroxylation sites is 1. The van der Waals surface area contributed by atoms with Gasteiger partial charge in [-0.05, 0) is 29.1 Å². The van der Waals surface area contributed by atoms with Gasteiger partial charge in [0.2, 0.25) is 12.2 Å². The van der Waals surface area contributed by atoms with Gasteiger partial charge in [0.25, 0.3) is 0 Å². The Morgan fingerprint density at radius 2 is 1.77 bits per heavy atom. The molecule has 0 aliphatic carbocycles. The van der Waals surface area contributed by atoms with Crippen LogP contribution in [-0.4, -0.2) is 24.0 Å². The van der Waals surface area contributed by atoms with E-state index in [9.17, 15) is 0 Å². The van der Waals surface area contributed by atoms with Crippen LogP contribution in [0.25, 0.3) is 10.9 Å². The smallest absolute Gasteiger partial charge is 0.230 e. The van der Waals surface area contributed by atoms with Crippen LogP contribution in [0.15, 0.2) is 89.2 Å². The molecule has 5 rings (SSSR count). The molecule has 2 unspecified atom stereocenters. The lowest BCUT2D eigenvalue weighted by Gasteiger charge is -2.18. The van der Waals surface area contributed by atoms with Crippen molar-refractivity contribution in [1.82, 2.24) is 4.98 Å². The fourth-order valence-corrected chi connectivity index (χ4v) is 4.03. The van der Waals surface area contributed by atoms with E-state index in [1.54, 1.807) is 11.3 Å². The Balaban J connectivity index is 1.23. The molecule has 1 aliphatic heterocycles. The maximum Gasteiger partial charge on any atom is 0.230 e. The first-order valence-electron chi connectivity index (χ1n) is 9.74. The highest BCUT2D eigenvalue weighted by atomic mass is 32.1. The number of rotatable bonds is 7. The van der Waals surface area contributed by atoms with Crippen molar-refractivity contribution in [1.29, 1.82) is 0 Å². The Morgan fingerprint density at radius 3 is 2.63 bits per heavy atom. The third-order valence-corrected chi connectivity index (χ3v) is 5.69. The van der Waals surface area contributed by atoms with Crippen LogP contribution in [0.5, 0.6) is 0 Å². The monoisotopic (exact) mass is 416 g/mol. The fourth-order valence-electron chi connectivity index (χ4n) is 3.37. The van der Waals surface area contributed by atoms with Gasteiger partial charge in [0.15, 0.2) is 6.79 Å². The lowest BCUT2D eigenvalue weighted by atomic mass is 10.1. The maximum absolute atomic E-state index is 6.03. The van der Waals surface area contributed by atoms with Crippen molar-refractivity contribution in [2.75, 3.05) is 6.79 Å². The molecule has 0 N–H and O–H groups in total. The van der Waals surface area contributed by atoms with Crippen LogP contribution in [-0.2, 0) is 20.8 Å². The fraction of sp³-hybridized carbons (Fsp3) is 0.167. The summed E-state index contributed by atoms with van der Waals surface area (Å²) in [6.07, 6.45) is -0.533. The van der Waals surface area contributed by atoms with Crippen LogP contribution in [0, 0.1) is 0 Å². The molecule has 0 radical (unpaired) electrons. The zero-order valence-corrected chi connectivity index (χ0v) is 17.0. The van der Waals surface area contributed by atoms with Gasteiger partial charge >= 0.3 is 0 Å². The number of aliphatic imine (C=N–C) groups is 1. The van der Waals surface area contributed by atoms with E-state index in [2.05, 4.69) is 11.1 Å². The van der Waals surface area contributed by atoms with E-state index >= 15 is 0 Å². The summed E-state index contributed by atoms with van der Waals surface area (Å²) in [6.45, 7) is 0.460. The van der Waals surface area contributed by atoms with Crippen molar-refractivity contribution in [2.45, 2.75) is 18.9 Å². The Labute approximate surface area is 178 Å². The SMILES string of the molecule is c1ccc(C2N=C(c3cccs3)OC2OCOCc2ccc3ccccc3n2)cc1. The highest BCUT2D eigenvalue weighted by Gasteiger charge is 2.34. The number of hydrogen-bond donors (Lipinski definition) is 0. The number of hydrogen-bond acceptors (Lipinski definition) is 6. The zero-order valence-electron chi connectivity index (χ0n) is 16.2. The molecule has 0 fully saturated rings. The second-order valence-corrected chi connectivity index (χ2v) is 7.83. The summed E-state index contributed by atoms with van der Waals surface area (Å²) in [5, 5.41) is 3.12. The van der Waals surface area contributed by atoms with E-state index in [0.717, 1.165) is 27.0 Å². The van der Waals surface area contributed by atoms with Crippen molar-refractivity contribution in [3.05, 3.63) is 100 Å². The molecule has 2 atom stereocenters. The van der Waals surface area contributed by atoms with E-state index in [4.69, 9.17) is 19.2 Å². The Morgan fingerprint density at radius 1 is 0.900 bits per heavy atom. The standard InChI is InChI=1S/C24H20N2O3S/c1-2-8-18(9-3-1)22-24(29-23(26-22)21-11-6-14-30-21)28-16-27-15-19-13-12-17-7-4-5-10-20(17)25-19/h1-14,22,24H,15-16H2. The van der Waals surface area contributed by atoms with E-state index < -0.39 is 6.29 Å². The molecule has 3 heterocycles. The summed E-state index contributed by atoms with van der Waals surface area (Å²) < 4.78 is 17.7. The first-order valence-corrected chi connectivity index (χ1v) is 10.6. The van der Waals surface area contributed by atoms with Gasteiger partial charge in [0.1, 0.15) is 6.04 Å². The average Bonchev–Trinajstić information content (AvgIpc) is 3.47. The van der Waals surface area contributed by atoms with Crippen LogP contribution in [0.2, 0.25) is 0 Å². The summed E-state index contributed by atoms with van der Waals surface area (Å²) in [5.74, 6) is 0.611. The third kappa shape index (κ3) is 4.11. The van der Waals surface area contributed by atoms with E-state index in [0.29, 0.717) is 12.5 Å². The van der Waals surface area contributed by atoms with Gasteiger partial charge in [-0.3, -0.25) is 4.98 Å². The minimum atomic E-state index is -0.533. The molecular weight excluding hydrogens is 396 g/mol. The summed E-state index contributed by atoms with van der Waals surface area (Å²) in [4.78, 5) is 10.4. The third-order valence-electron chi connectivity index (χ3n) is 4.84. The van der Waals surface area contributed by atoms with E-state index in [1.165, 1.54) is 0 Å². The predicted octanol–water partition coefficient (Wildman–Crippen LogP) is 5.33. The van der Waals surface area contributed by atoms with Gasteiger partial charge in [-0.25, -0.2) is 4.99 Å². The largest absolute Gasteiger partial charge is 0.444 e. The van der Waals surface area contributed by atoms with Gasteiger partial charge in [0, 0.05) is 5.39 Å². The van der Waals surface area contributed by atoms with Crippen LogP contribution in [0.3, 0.4) is 0 Å². The molecule has 1 aliphatic rings. The molecule has 6 heteroatoms. The molecule has 0 bridgehead atoms. The van der Waals surface area contributed by atoms with Crippen molar-refractivity contribution in [3.63, 3.8) is 0 Å². The van der Waals surface area contributed by atoms with Crippen LogP contribution >= 0.6 is 11.3 Å². The first-order chi connectivity index (χ1) is 14.9. The Kier molecular flexibility index (Phi) is 5.52. The van der Waals surface area contributed by atoms with Crippen molar-refractivity contribution in [2.24, 2.45) is 4.99 Å². The number of pyridine rings is 1. The highest BCUT2D eigenvalue weighted by Crippen LogP contribution is 2.32. The molecule has 0 amide bonds. The summed E-state index contributed by atoms with van der Waals surface area (Å²) in [5.41, 5.74) is 2.86. The molecule has 30 heavy (non-hydrogen) atoms. The molecule has 5 nitrogen and oxygen atoms in total. The lowest BCUT2D eigenvalue weighted by Crippen LogP contribution is -2.22. The first kappa shape index (κ1) is 18.9. The molecule has 0 spiro atoms. The highest BCUT2D eigenvalue weighted by molar-refractivity contribution is 7.12. The van der Waals surface area contributed by atoms with Gasteiger partial charge in [-0.2, -0.15) is 0 Å². The van der Waals surface area contributed by atoms with Gasteiger partial charge in [-0.1, -0.05) is 60.7 Å². The number of aromatic nitrogens is 1. The van der Waals surface area contributed by atoms with Gasteiger partial charge in [-0.15, -0.1) is 11.3 Å². The molecule has 2 aromatic carbocycles. The molecule has 0 saturated carbocycles. The average molecular weight is 417 g/mol. The Bertz CT molecular complexity index is 1150. The molecule has 0 saturated heterocycles. The number of thiophene rings is 1. The normalized spacial score (nSPS) is 18.3. The molecule has 4 aromatic rings. The van der Waals surface area contributed by atoms with Crippen LogP contribution in [0.1, 0.15) is 22.2 Å². The summed E-state index contributed by atoms with van der Waals surface area (Å²) >= 11 is 1.60. The van der Waals surface area contributed by atoms with E-state index in [-0.39, 0.29) is 12.8 Å². The van der Waals surface area contributed by atoms with Crippen LogP contribution < -0.4 is 0 Å². The number of ether oxygens (including phenoxy) is 3. The van der Waals surface area contributed by atoms with Crippen molar-refractivity contribution >= 4 is 28.1 Å².